The fourth-order valence-electron chi connectivity index (χ4n) is 1.24. The molecule has 0 radical (unpaired) electrons. The third-order valence-corrected chi connectivity index (χ3v) is 2.97. The van der Waals surface area contributed by atoms with E-state index in [0.29, 0.717) is 6.61 Å². The number of benzene rings is 1. The van der Waals surface area contributed by atoms with Gasteiger partial charge in [0, 0.05) is 6.61 Å². The molecule has 0 aliphatic rings. The molecule has 0 bridgehead atoms. The largest absolute Gasteiger partial charge is 0.496 e. The average molecular weight is 320 g/mol. The fraction of sp³-hybridized carbons (Fsp3) is 0.500. The summed E-state index contributed by atoms with van der Waals surface area (Å²) in [7, 11) is 1.69. The van der Waals surface area contributed by atoms with Crippen LogP contribution in [0.2, 0.25) is 0 Å². The van der Waals surface area contributed by atoms with Crippen LogP contribution in [0.15, 0.2) is 18.2 Å². The van der Waals surface area contributed by atoms with Crippen LogP contribution in [0.1, 0.15) is 25.3 Å². The molecule has 0 spiro atoms. The van der Waals surface area contributed by atoms with Crippen molar-refractivity contribution >= 4 is 22.6 Å². The van der Waals surface area contributed by atoms with Gasteiger partial charge in [0.2, 0.25) is 0 Å². The second kappa shape index (κ2) is 7.06. The van der Waals surface area contributed by atoms with Crippen molar-refractivity contribution in [3.05, 3.63) is 27.3 Å². The number of halogens is 1. The van der Waals surface area contributed by atoms with E-state index in [1.54, 1.807) is 7.11 Å². The highest BCUT2D eigenvalue weighted by atomic mass is 127. The third kappa shape index (κ3) is 4.38. The quantitative estimate of drug-likeness (QED) is 0.589. The minimum absolute atomic E-state index is 0.694. The third-order valence-electron chi connectivity index (χ3n) is 2.13. The molecule has 0 unspecified atom stereocenters. The lowest BCUT2D eigenvalue weighted by Gasteiger charge is -2.07. The van der Waals surface area contributed by atoms with E-state index >= 15 is 0 Å². The molecule has 0 amide bonds. The van der Waals surface area contributed by atoms with Crippen molar-refractivity contribution in [3.8, 4) is 5.75 Å². The van der Waals surface area contributed by atoms with Crippen molar-refractivity contribution in [2.75, 3.05) is 13.7 Å². The predicted octanol–water partition coefficient (Wildman–Crippen LogP) is 3.62. The Labute approximate surface area is 105 Å². The van der Waals surface area contributed by atoms with E-state index < -0.39 is 0 Å². The Balaban J connectivity index is 2.45. The summed E-state index contributed by atoms with van der Waals surface area (Å²) in [5.41, 5.74) is 1.20. The first-order valence-corrected chi connectivity index (χ1v) is 6.26. The average Bonchev–Trinajstić information content (AvgIpc) is 2.25. The molecule has 1 aromatic carbocycles. The highest BCUT2D eigenvalue weighted by molar-refractivity contribution is 14.1. The van der Waals surface area contributed by atoms with Crippen molar-refractivity contribution < 1.29 is 9.47 Å². The highest BCUT2D eigenvalue weighted by Crippen LogP contribution is 2.21. The van der Waals surface area contributed by atoms with Gasteiger partial charge in [0.15, 0.2) is 0 Å². The molecule has 0 aliphatic carbocycles. The number of ether oxygens (including phenoxy) is 2. The topological polar surface area (TPSA) is 18.5 Å². The Morgan fingerprint density at radius 2 is 2.13 bits per heavy atom. The number of methoxy groups -OCH3 is 1. The highest BCUT2D eigenvalue weighted by Gasteiger charge is 2.00. The first-order valence-electron chi connectivity index (χ1n) is 5.18. The molecule has 0 saturated carbocycles. The molecule has 84 valence electrons. The van der Waals surface area contributed by atoms with E-state index in [4.69, 9.17) is 9.47 Å². The van der Waals surface area contributed by atoms with Gasteiger partial charge < -0.3 is 9.47 Å². The van der Waals surface area contributed by atoms with Crippen LogP contribution >= 0.6 is 22.6 Å². The smallest absolute Gasteiger partial charge is 0.132 e. The van der Waals surface area contributed by atoms with Crippen molar-refractivity contribution in [2.24, 2.45) is 0 Å². The molecular formula is C12H17IO2. The Hall–Kier alpha value is -0.290. The molecule has 3 heteroatoms. The second-order valence-electron chi connectivity index (χ2n) is 3.38. The van der Waals surface area contributed by atoms with Crippen LogP contribution in [0, 0.1) is 3.57 Å². The summed E-state index contributed by atoms with van der Waals surface area (Å²) in [6.45, 7) is 3.71. The Kier molecular flexibility index (Phi) is 6.02. The van der Waals surface area contributed by atoms with Gasteiger partial charge in [0.25, 0.3) is 0 Å². The molecule has 0 fully saturated rings. The van der Waals surface area contributed by atoms with Gasteiger partial charge in [-0.05, 0) is 46.7 Å². The Bertz CT molecular complexity index is 300. The number of unbranched alkanes of at least 4 members (excludes halogenated alkanes) is 1. The summed E-state index contributed by atoms with van der Waals surface area (Å²) in [5.74, 6) is 0.924. The first kappa shape index (κ1) is 12.8. The molecule has 0 saturated heterocycles. The molecule has 0 atom stereocenters. The maximum atomic E-state index is 5.54. The minimum atomic E-state index is 0.694. The fourth-order valence-corrected chi connectivity index (χ4v) is 2.04. The number of rotatable bonds is 6. The van der Waals surface area contributed by atoms with E-state index in [1.165, 1.54) is 12.0 Å². The van der Waals surface area contributed by atoms with Crippen LogP contribution < -0.4 is 4.74 Å². The lowest BCUT2D eigenvalue weighted by Crippen LogP contribution is -1.96. The molecule has 1 rings (SSSR count). The molecule has 0 aromatic heterocycles. The van der Waals surface area contributed by atoms with Gasteiger partial charge in [0.05, 0.1) is 17.3 Å². The van der Waals surface area contributed by atoms with Gasteiger partial charge in [-0.1, -0.05) is 19.4 Å². The van der Waals surface area contributed by atoms with Gasteiger partial charge in [-0.15, -0.1) is 0 Å². The van der Waals surface area contributed by atoms with Crippen LogP contribution in [-0.2, 0) is 11.3 Å². The Morgan fingerprint density at radius 1 is 1.33 bits per heavy atom. The van der Waals surface area contributed by atoms with Crippen molar-refractivity contribution in [2.45, 2.75) is 26.4 Å². The molecule has 2 nitrogen and oxygen atoms in total. The van der Waals surface area contributed by atoms with Crippen molar-refractivity contribution in [1.29, 1.82) is 0 Å². The number of hydrogen-bond acceptors (Lipinski definition) is 2. The van der Waals surface area contributed by atoms with E-state index in [2.05, 4.69) is 35.6 Å². The normalized spacial score (nSPS) is 10.3. The van der Waals surface area contributed by atoms with Gasteiger partial charge in [0.1, 0.15) is 5.75 Å². The summed E-state index contributed by atoms with van der Waals surface area (Å²) in [6.07, 6.45) is 2.31. The van der Waals surface area contributed by atoms with Crippen molar-refractivity contribution in [3.63, 3.8) is 0 Å². The van der Waals surface area contributed by atoms with E-state index in [9.17, 15) is 0 Å². The summed E-state index contributed by atoms with van der Waals surface area (Å²) < 4.78 is 11.9. The first-order chi connectivity index (χ1) is 7.27. The maximum absolute atomic E-state index is 5.54. The zero-order valence-electron chi connectivity index (χ0n) is 9.25. The van der Waals surface area contributed by atoms with Crippen LogP contribution in [0.3, 0.4) is 0 Å². The monoisotopic (exact) mass is 320 g/mol. The Morgan fingerprint density at radius 3 is 2.73 bits per heavy atom. The zero-order chi connectivity index (χ0) is 11.1. The van der Waals surface area contributed by atoms with Crippen LogP contribution in [0.25, 0.3) is 0 Å². The minimum Gasteiger partial charge on any atom is -0.496 e. The standard InChI is InChI=1S/C12H17IO2/c1-3-4-7-15-9-10-5-6-12(14-2)11(13)8-10/h5-6,8H,3-4,7,9H2,1-2H3. The zero-order valence-corrected chi connectivity index (χ0v) is 11.4. The van der Waals surface area contributed by atoms with Gasteiger partial charge in [-0.25, -0.2) is 0 Å². The van der Waals surface area contributed by atoms with Crippen molar-refractivity contribution in [1.82, 2.24) is 0 Å². The van der Waals surface area contributed by atoms with Crippen LogP contribution in [-0.4, -0.2) is 13.7 Å². The molecule has 15 heavy (non-hydrogen) atoms. The van der Waals surface area contributed by atoms with E-state index in [-0.39, 0.29) is 0 Å². The maximum Gasteiger partial charge on any atom is 0.132 e. The van der Waals surface area contributed by atoms with Crippen LogP contribution in [0.5, 0.6) is 5.75 Å². The lowest BCUT2D eigenvalue weighted by molar-refractivity contribution is 0.118. The summed E-state index contributed by atoms with van der Waals surface area (Å²) in [6, 6.07) is 6.14. The summed E-state index contributed by atoms with van der Waals surface area (Å²) in [4.78, 5) is 0. The second-order valence-corrected chi connectivity index (χ2v) is 4.54. The molecule has 0 heterocycles. The lowest BCUT2D eigenvalue weighted by atomic mass is 10.2. The van der Waals surface area contributed by atoms with Crippen LogP contribution in [0.4, 0.5) is 0 Å². The predicted molar refractivity (Wildman–Crippen MR) is 70.3 cm³/mol. The summed E-state index contributed by atoms with van der Waals surface area (Å²) in [5, 5.41) is 0. The van der Waals surface area contributed by atoms with Gasteiger partial charge >= 0.3 is 0 Å². The molecular weight excluding hydrogens is 303 g/mol. The van der Waals surface area contributed by atoms with E-state index in [1.807, 2.05) is 12.1 Å². The SMILES string of the molecule is CCCCOCc1ccc(OC)c(I)c1. The van der Waals surface area contributed by atoms with E-state index in [0.717, 1.165) is 22.3 Å². The number of hydrogen-bond donors (Lipinski definition) is 0. The molecule has 0 N–H and O–H groups in total. The molecule has 1 aromatic rings. The van der Waals surface area contributed by atoms with Gasteiger partial charge in [-0.3, -0.25) is 0 Å². The molecule has 0 aliphatic heterocycles. The van der Waals surface area contributed by atoms with Gasteiger partial charge in [-0.2, -0.15) is 0 Å². The summed E-state index contributed by atoms with van der Waals surface area (Å²) >= 11 is 2.27.